The van der Waals surface area contributed by atoms with Crippen molar-refractivity contribution in [1.29, 1.82) is 0 Å². The Kier molecular flexibility index (Phi) is 23.9. The Hall–Kier alpha value is -1.15. The van der Waals surface area contributed by atoms with E-state index in [-0.39, 0.29) is 0 Å². The quantitative estimate of drug-likeness (QED) is 0.0895. The molecule has 0 aliphatic heterocycles. The Bertz CT molecular complexity index is 598. The van der Waals surface area contributed by atoms with E-state index in [1.165, 1.54) is 122 Å². The summed E-state index contributed by atoms with van der Waals surface area (Å²) in [6.45, 7) is 6.06. The predicted molar refractivity (Wildman–Crippen MR) is 170 cm³/mol. The van der Waals surface area contributed by atoms with Crippen LogP contribution in [0.25, 0.3) is 0 Å². The smallest absolute Gasteiger partial charge is 0.136 e. The zero-order valence-corrected chi connectivity index (χ0v) is 25.7. The fourth-order valence-corrected chi connectivity index (χ4v) is 6.01. The summed E-state index contributed by atoms with van der Waals surface area (Å²) in [5, 5.41) is 3.41. The molecule has 0 radical (unpaired) electrons. The summed E-state index contributed by atoms with van der Waals surface area (Å²) in [4.78, 5) is 13.1. The second kappa shape index (κ2) is 26.1. The highest BCUT2D eigenvalue weighted by molar-refractivity contribution is 5.81. The highest BCUT2D eigenvalue weighted by atomic mass is 16.1. The van der Waals surface area contributed by atoms with Crippen LogP contribution < -0.4 is 5.32 Å². The number of Topliss-reactive ketones (excluding diaryl/α,β-unsaturated/α-hetero) is 1. The highest BCUT2D eigenvalue weighted by Gasteiger charge is 2.27. The summed E-state index contributed by atoms with van der Waals surface area (Å²) in [5.41, 5.74) is 0. The molecule has 1 unspecified atom stereocenters. The van der Waals surface area contributed by atoms with Gasteiger partial charge in [0, 0.05) is 18.4 Å². The van der Waals surface area contributed by atoms with Gasteiger partial charge in [0.05, 0.1) is 0 Å². The van der Waals surface area contributed by atoms with Gasteiger partial charge < -0.3 is 5.32 Å². The van der Waals surface area contributed by atoms with Gasteiger partial charge in [-0.25, -0.2) is 0 Å². The molecule has 220 valence electrons. The second-order valence-electron chi connectivity index (χ2n) is 12.0. The van der Waals surface area contributed by atoms with Crippen molar-refractivity contribution < 1.29 is 4.79 Å². The Labute approximate surface area is 238 Å². The van der Waals surface area contributed by atoms with Crippen molar-refractivity contribution >= 4 is 5.78 Å². The molecule has 0 spiro atoms. The van der Waals surface area contributed by atoms with Gasteiger partial charge >= 0.3 is 0 Å². The van der Waals surface area contributed by atoms with Crippen LogP contribution in [0, 0.1) is 11.8 Å². The third-order valence-electron chi connectivity index (χ3n) is 8.66. The molecule has 1 N–H and O–H groups in total. The number of hydrogen-bond acceptors (Lipinski definition) is 2. The topological polar surface area (TPSA) is 29.1 Å². The van der Waals surface area contributed by atoms with E-state index >= 15 is 0 Å². The molecule has 1 saturated carbocycles. The van der Waals surface area contributed by atoms with Crippen molar-refractivity contribution in [3.05, 3.63) is 37.0 Å². The Morgan fingerprint density at radius 1 is 0.737 bits per heavy atom. The Morgan fingerprint density at radius 3 is 1.87 bits per heavy atom. The summed E-state index contributed by atoms with van der Waals surface area (Å²) in [6.07, 6.45) is 41.3. The lowest BCUT2D eigenvalue weighted by molar-refractivity contribution is -0.125. The normalized spacial score (nSPS) is 18.9. The lowest BCUT2D eigenvalue weighted by atomic mass is 9.79. The summed E-state index contributed by atoms with van der Waals surface area (Å²) >= 11 is 0. The van der Waals surface area contributed by atoms with E-state index < -0.39 is 0 Å². The molecular formula is C36H65NO. The largest absolute Gasteiger partial charge is 0.317 e. The molecule has 38 heavy (non-hydrogen) atoms. The fraction of sp³-hybridized carbons (Fsp3) is 0.806. The molecule has 1 fully saturated rings. The molecule has 1 aliphatic carbocycles. The first-order chi connectivity index (χ1) is 18.7. The minimum atomic E-state index is 0.346. The highest BCUT2D eigenvalue weighted by Crippen LogP contribution is 2.30. The zero-order chi connectivity index (χ0) is 27.5. The first-order valence-corrected chi connectivity index (χ1v) is 16.8. The maximum absolute atomic E-state index is 13.1. The Morgan fingerprint density at radius 2 is 1.29 bits per heavy atom. The van der Waals surface area contributed by atoms with Crippen molar-refractivity contribution in [1.82, 2.24) is 5.32 Å². The molecular weight excluding hydrogens is 462 g/mol. The molecule has 0 saturated heterocycles. The van der Waals surface area contributed by atoms with Crippen LogP contribution in [0.15, 0.2) is 37.0 Å². The molecule has 2 nitrogen and oxygen atoms in total. The number of nitrogens with one attached hydrogen (secondary N) is 1. The zero-order valence-electron chi connectivity index (χ0n) is 25.7. The predicted octanol–water partition coefficient (Wildman–Crippen LogP) is 11.1. The van der Waals surface area contributed by atoms with E-state index in [9.17, 15) is 4.79 Å². The minimum Gasteiger partial charge on any atom is -0.317 e. The summed E-state index contributed by atoms with van der Waals surface area (Å²) in [5.74, 6) is 1.57. The number of carbonyl (C=O) groups is 1. The van der Waals surface area contributed by atoms with Gasteiger partial charge in [-0.1, -0.05) is 121 Å². The van der Waals surface area contributed by atoms with Crippen LogP contribution in [0.3, 0.4) is 0 Å². The lowest BCUT2D eigenvalue weighted by Crippen LogP contribution is -2.33. The maximum Gasteiger partial charge on any atom is 0.136 e. The number of rotatable bonds is 26. The van der Waals surface area contributed by atoms with Crippen LogP contribution in [0.4, 0.5) is 0 Å². The molecule has 2 heteroatoms. The van der Waals surface area contributed by atoms with Gasteiger partial charge in [0.2, 0.25) is 0 Å². The second-order valence-corrected chi connectivity index (χ2v) is 12.0. The van der Waals surface area contributed by atoms with E-state index in [2.05, 4.69) is 50.2 Å². The third kappa shape index (κ3) is 19.9. The summed E-state index contributed by atoms with van der Waals surface area (Å²) in [6, 6.07) is 0.633. The lowest BCUT2D eigenvalue weighted by Gasteiger charge is -2.28. The summed E-state index contributed by atoms with van der Waals surface area (Å²) < 4.78 is 0. The van der Waals surface area contributed by atoms with Gasteiger partial charge in [-0.15, -0.1) is 6.58 Å². The monoisotopic (exact) mass is 528 g/mol. The number of unbranched alkanes of at least 4 members (excludes halogenated alkanes) is 13. The average molecular weight is 528 g/mol. The minimum absolute atomic E-state index is 0.346. The number of allylic oxidation sites excluding steroid dienone is 5. The molecule has 1 rings (SSSR count). The van der Waals surface area contributed by atoms with Crippen LogP contribution in [0.1, 0.15) is 161 Å². The van der Waals surface area contributed by atoms with Crippen molar-refractivity contribution in [2.45, 2.75) is 167 Å². The van der Waals surface area contributed by atoms with E-state index in [4.69, 9.17) is 0 Å². The van der Waals surface area contributed by atoms with Crippen molar-refractivity contribution in [3.8, 4) is 0 Å². The Balaban J connectivity index is 2.17. The van der Waals surface area contributed by atoms with Gasteiger partial charge in [0.25, 0.3) is 0 Å². The molecule has 0 amide bonds. The van der Waals surface area contributed by atoms with Crippen LogP contribution in [0.5, 0.6) is 0 Å². The van der Waals surface area contributed by atoms with Crippen molar-refractivity contribution in [3.63, 3.8) is 0 Å². The van der Waals surface area contributed by atoms with Crippen LogP contribution in [-0.2, 0) is 4.79 Å². The van der Waals surface area contributed by atoms with Gasteiger partial charge in [-0.3, -0.25) is 4.79 Å². The molecule has 0 aromatic heterocycles. The van der Waals surface area contributed by atoms with E-state index in [1.54, 1.807) is 0 Å². The number of ketones is 1. The van der Waals surface area contributed by atoms with Crippen LogP contribution in [-0.4, -0.2) is 18.9 Å². The molecule has 0 aromatic carbocycles. The van der Waals surface area contributed by atoms with E-state index in [0.717, 1.165) is 32.1 Å². The van der Waals surface area contributed by atoms with Crippen LogP contribution >= 0.6 is 0 Å². The third-order valence-corrected chi connectivity index (χ3v) is 8.66. The molecule has 0 heterocycles. The van der Waals surface area contributed by atoms with Crippen LogP contribution in [0.2, 0.25) is 0 Å². The van der Waals surface area contributed by atoms with Crippen molar-refractivity contribution in [2.24, 2.45) is 11.8 Å². The van der Waals surface area contributed by atoms with Gasteiger partial charge in [0.15, 0.2) is 0 Å². The standard InChI is InChI=1S/C36H65NO/c1-4-6-8-10-12-13-14-15-16-17-18-19-20-21-23-25-27-33(26-24-22-11-9-7-5-2)32-36(38)34-28-30-35(37-3)31-29-34/h4,12-13,15-16,33-35,37H,1,5-11,14,17-32H2,2-3H3/b13-12-,16-15-. The summed E-state index contributed by atoms with van der Waals surface area (Å²) in [7, 11) is 2.06. The SMILES string of the molecule is C=CCCC/C=C\C/C=C\CCCCCCCCC(CCCCCCCC)CC(=O)C1CCC(NC)CC1. The van der Waals surface area contributed by atoms with Gasteiger partial charge in [0.1, 0.15) is 5.78 Å². The molecule has 1 aliphatic rings. The van der Waals surface area contributed by atoms with E-state index in [1.807, 2.05) is 6.08 Å². The van der Waals surface area contributed by atoms with Gasteiger partial charge in [-0.05, 0) is 77.2 Å². The first-order valence-electron chi connectivity index (χ1n) is 16.8. The number of hydrogen-bond donors (Lipinski definition) is 1. The van der Waals surface area contributed by atoms with E-state index in [0.29, 0.717) is 23.7 Å². The maximum atomic E-state index is 13.1. The molecule has 0 aromatic rings. The van der Waals surface area contributed by atoms with Crippen molar-refractivity contribution in [2.75, 3.05) is 7.05 Å². The fourth-order valence-electron chi connectivity index (χ4n) is 6.01. The first kappa shape index (κ1) is 34.9. The van der Waals surface area contributed by atoms with Gasteiger partial charge in [-0.2, -0.15) is 0 Å². The average Bonchev–Trinajstić information content (AvgIpc) is 2.94. The molecule has 1 atom stereocenters. The molecule has 0 bridgehead atoms. The number of carbonyl (C=O) groups excluding carboxylic acids is 1.